The van der Waals surface area contributed by atoms with Crippen LogP contribution in [0.1, 0.15) is 37.9 Å². The molecule has 1 aliphatic heterocycles. The molecule has 1 aromatic heterocycles. The SMILES string of the molecule is CC1CCN(c2cc(N)nc(C3CC3)n2)CC1O. The minimum Gasteiger partial charge on any atom is -0.391 e. The van der Waals surface area contributed by atoms with Crippen molar-refractivity contribution in [3.8, 4) is 0 Å². The van der Waals surface area contributed by atoms with Gasteiger partial charge in [-0.15, -0.1) is 0 Å². The van der Waals surface area contributed by atoms with Gasteiger partial charge in [0, 0.05) is 25.1 Å². The summed E-state index contributed by atoms with van der Waals surface area (Å²) >= 11 is 0. The predicted octanol–water partition coefficient (Wildman–Crippen LogP) is 1.14. The molecule has 2 heterocycles. The molecule has 2 fully saturated rings. The van der Waals surface area contributed by atoms with Crippen LogP contribution in [0.25, 0.3) is 0 Å². The summed E-state index contributed by atoms with van der Waals surface area (Å²) in [6, 6.07) is 1.81. The number of rotatable bonds is 2. The molecule has 98 valence electrons. The first-order valence-corrected chi connectivity index (χ1v) is 6.71. The highest BCUT2D eigenvalue weighted by atomic mass is 16.3. The van der Waals surface area contributed by atoms with Gasteiger partial charge >= 0.3 is 0 Å². The molecular weight excluding hydrogens is 228 g/mol. The topological polar surface area (TPSA) is 75.3 Å². The second-order valence-electron chi connectivity index (χ2n) is 5.56. The Morgan fingerprint density at radius 3 is 2.78 bits per heavy atom. The van der Waals surface area contributed by atoms with Crippen LogP contribution >= 0.6 is 0 Å². The number of piperidine rings is 1. The highest BCUT2D eigenvalue weighted by molar-refractivity contribution is 5.48. The average molecular weight is 248 g/mol. The molecule has 0 radical (unpaired) electrons. The first-order chi connectivity index (χ1) is 8.63. The van der Waals surface area contributed by atoms with Crippen molar-refractivity contribution in [2.24, 2.45) is 5.92 Å². The Labute approximate surface area is 107 Å². The first-order valence-electron chi connectivity index (χ1n) is 6.71. The molecule has 1 aliphatic carbocycles. The molecule has 2 atom stereocenters. The number of aliphatic hydroxyl groups excluding tert-OH is 1. The summed E-state index contributed by atoms with van der Waals surface area (Å²) < 4.78 is 0. The van der Waals surface area contributed by atoms with Crippen LogP contribution in [-0.2, 0) is 0 Å². The molecule has 1 aromatic rings. The van der Waals surface area contributed by atoms with Gasteiger partial charge in [0.05, 0.1) is 6.10 Å². The fourth-order valence-corrected chi connectivity index (χ4v) is 2.41. The number of aromatic nitrogens is 2. The molecule has 0 aromatic carbocycles. The highest BCUT2D eigenvalue weighted by Crippen LogP contribution is 2.39. The largest absolute Gasteiger partial charge is 0.391 e. The van der Waals surface area contributed by atoms with E-state index < -0.39 is 0 Å². The molecule has 2 aliphatic rings. The molecule has 1 saturated carbocycles. The summed E-state index contributed by atoms with van der Waals surface area (Å²) in [5.74, 6) is 3.15. The Kier molecular flexibility index (Phi) is 2.86. The van der Waals surface area contributed by atoms with Crippen molar-refractivity contribution in [1.29, 1.82) is 0 Å². The molecule has 3 rings (SSSR count). The standard InChI is InChI=1S/C13H20N4O/c1-8-4-5-17(7-10(8)18)12-6-11(14)15-13(16-12)9-2-3-9/h6,8-10,18H,2-5,7H2,1H3,(H2,14,15,16). The maximum atomic E-state index is 9.95. The van der Waals surface area contributed by atoms with Gasteiger partial charge in [0.1, 0.15) is 17.5 Å². The molecule has 5 heteroatoms. The third-order valence-corrected chi connectivity index (χ3v) is 3.93. The fourth-order valence-electron chi connectivity index (χ4n) is 2.41. The third kappa shape index (κ3) is 2.27. The average Bonchev–Trinajstić information content (AvgIpc) is 3.16. The zero-order valence-corrected chi connectivity index (χ0v) is 10.7. The second kappa shape index (κ2) is 4.39. The van der Waals surface area contributed by atoms with Gasteiger partial charge in [0.25, 0.3) is 0 Å². The van der Waals surface area contributed by atoms with Crippen molar-refractivity contribution >= 4 is 11.6 Å². The normalized spacial score (nSPS) is 28.4. The van der Waals surface area contributed by atoms with Crippen LogP contribution in [0, 0.1) is 5.92 Å². The number of aliphatic hydroxyl groups is 1. The van der Waals surface area contributed by atoms with Crippen LogP contribution in [0.4, 0.5) is 11.6 Å². The summed E-state index contributed by atoms with van der Waals surface area (Å²) in [5.41, 5.74) is 5.85. The number of hydrogen-bond donors (Lipinski definition) is 2. The molecular formula is C13H20N4O. The lowest BCUT2D eigenvalue weighted by molar-refractivity contribution is 0.102. The van der Waals surface area contributed by atoms with Crippen LogP contribution < -0.4 is 10.6 Å². The Hall–Kier alpha value is -1.36. The summed E-state index contributed by atoms with van der Waals surface area (Å²) in [7, 11) is 0. The number of nitrogens with two attached hydrogens (primary N) is 1. The van der Waals surface area contributed by atoms with Gasteiger partial charge in [0.2, 0.25) is 0 Å². The molecule has 0 amide bonds. The minimum atomic E-state index is -0.278. The van der Waals surface area contributed by atoms with Crippen molar-refractivity contribution in [3.63, 3.8) is 0 Å². The lowest BCUT2D eigenvalue weighted by Gasteiger charge is -2.35. The van der Waals surface area contributed by atoms with E-state index in [1.54, 1.807) is 0 Å². The van der Waals surface area contributed by atoms with Gasteiger partial charge in [-0.05, 0) is 25.2 Å². The van der Waals surface area contributed by atoms with E-state index in [0.29, 0.717) is 24.2 Å². The molecule has 5 nitrogen and oxygen atoms in total. The Balaban J connectivity index is 1.82. The Morgan fingerprint density at radius 1 is 1.33 bits per heavy atom. The van der Waals surface area contributed by atoms with Gasteiger partial charge in [0.15, 0.2) is 0 Å². The van der Waals surface area contributed by atoms with Crippen molar-refractivity contribution < 1.29 is 5.11 Å². The van der Waals surface area contributed by atoms with Crippen LogP contribution in [0.15, 0.2) is 6.07 Å². The number of nitrogens with zero attached hydrogens (tertiary/aromatic N) is 3. The summed E-state index contributed by atoms with van der Waals surface area (Å²) in [4.78, 5) is 11.0. The van der Waals surface area contributed by atoms with Gasteiger partial charge in [-0.3, -0.25) is 0 Å². The van der Waals surface area contributed by atoms with Crippen molar-refractivity contribution in [1.82, 2.24) is 9.97 Å². The van der Waals surface area contributed by atoms with E-state index in [9.17, 15) is 5.11 Å². The summed E-state index contributed by atoms with van der Waals surface area (Å²) in [6.45, 7) is 3.66. The molecule has 1 saturated heterocycles. The third-order valence-electron chi connectivity index (χ3n) is 3.93. The van der Waals surface area contributed by atoms with Crippen LogP contribution in [0.3, 0.4) is 0 Å². The van der Waals surface area contributed by atoms with Crippen LogP contribution in [-0.4, -0.2) is 34.3 Å². The Morgan fingerprint density at radius 2 is 2.11 bits per heavy atom. The summed E-state index contributed by atoms with van der Waals surface area (Å²) in [5, 5.41) is 9.95. The van der Waals surface area contributed by atoms with Gasteiger partial charge in [-0.25, -0.2) is 9.97 Å². The van der Waals surface area contributed by atoms with Crippen molar-refractivity contribution in [2.75, 3.05) is 23.7 Å². The zero-order valence-electron chi connectivity index (χ0n) is 10.7. The quantitative estimate of drug-likeness (QED) is 0.821. The second-order valence-corrected chi connectivity index (χ2v) is 5.56. The van der Waals surface area contributed by atoms with Crippen molar-refractivity contribution in [2.45, 2.75) is 38.2 Å². The lowest BCUT2D eigenvalue weighted by Crippen LogP contribution is -2.43. The van der Waals surface area contributed by atoms with E-state index in [1.165, 1.54) is 12.8 Å². The van der Waals surface area contributed by atoms with Gasteiger partial charge < -0.3 is 15.7 Å². The monoisotopic (exact) mass is 248 g/mol. The smallest absolute Gasteiger partial charge is 0.136 e. The minimum absolute atomic E-state index is 0.278. The van der Waals surface area contributed by atoms with E-state index in [1.807, 2.05) is 6.07 Å². The molecule has 0 bridgehead atoms. The van der Waals surface area contributed by atoms with Gasteiger partial charge in [-0.1, -0.05) is 6.92 Å². The number of nitrogen functional groups attached to an aromatic ring is 1. The maximum absolute atomic E-state index is 9.95. The van der Waals surface area contributed by atoms with E-state index >= 15 is 0 Å². The van der Waals surface area contributed by atoms with E-state index in [-0.39, 0.29) is 6.10 Å². The number of anilines is 2. The van der Waals surface area contributed by atoms with Crippen LogP contribution in [0.2, 0.25) is 0 Å². The fraction of sp³-hybridized carbons (Fsp3) is 0.692. The Bertz CT molecular complexity index is 447. The summed E-state index contributed by atoms with van der Waals surface area (Å²) in [6.07, 6.45) is 3.05. The maximum Gasteiger partial charge on any atom is 0.136 e. The first kappa shape index (κ1) is 11.7. The number of β-amino-alcohol motifs (C(OH)–C–C–N with tert-alkyl or cyclic N) is 1. The lowest BCUT2D eigenvalue weighted by atomic mass is 9.96. The van der Waals surface area contributed by atoms with Crippen LogP contribution in [0.5, 0.6) is 0 Å². The van der Waals surface area contributed by atoms with Crippen molar-refractivity contribution in [3.05, 3.63) is 11.9 Å². The van der Waals surface area contributed by atoms with E-state index in [2.05, 4.69) is 21.8 Å². The molecule has 3 N–H and O–H groups in total. The number of hydrogen-bond acceptors (Lipinski definition) is 5. The molecule has 18 heavy (non-hydrogen) atoms. The zero-order chi connectivity index (χ0) is 12.7. The van der Waals surface area contributed by atoms with E-state index in [0.717, 1.165) is 24.6 Å². The molecule has 2 unspecified atom stereocenters. The van der Waals surface area contributed by atoms with Gasteiger partial charge in [-0.2, -0.15) is 0 Å². The van der Waals surface area contributed by atoms with E-state index in [4.69, 9.17) is 5.73 Å². The molecule has 0 spiro atoms. The highest BCUT2D eigenvalue weighted by Gasteiger charge is 2.29. The predicted molar refractivity (Wildman–Crippen MR) is 70.4 cm³/mol.